The molecule has 1 atom stereocenters. The zero-order valence-corrected chi connectivity index (χ0v) is 19.7. The standard InChI is InChI=1S/C26H37N3O3/c1-4-32-25-17-21(12-13-24(25)30-3)11-8-15-28-26(27-2)29-16-14-23(18-29)20-31-19-22-9-6-5-7-10-22/h5-7,9-10,12-13,17,23H,4,8,11,14-16,18-20H2,1-3H3,(H,27,28). The van der Waals surface area contributed by atoms with Crippen LogP contribution in [0.5, 0.6) is 11.5 Å². The van der Waals surface area contributed by atoms with Gasteiger partial charge in [-0.1, -0.05) is 36.4 Å². The lowest BCUT2D eigenvalue weighted by Crippen LogP contribution is -2.40. The quantitative estimate of drug-likeness (QED) is 0.324. The van der Waals surface area contributed by atoms with E-state index in [4.69, 9.17) is 14.2 Å². The maximum atomic E-state index is 5.95. The minimum atomic E-state index is 0.550. The molecule has 0 amide bonds. The first kappa shape index (κ1) is 23.9. The van der Waals surface area contributed by atoms with Crippen LogP contribution < -0.4 is 14.8 Å². The molecule has 0 spiro atoms. The van der Waals surface area contributed by atoms with Gasteiger partial charge in [0.1, 0.15) is 0 Å². The average molecular weight is 440 g/mol. The van der Waals surface area contributed by atoms with Crippen molar-refractivity contribution >= 4 is 5.96 Å². The maximum absolute atomic E-state index is 5.95. The van der Waals surface area contributed by atoms with Crippen LogP contribution >= 0.6 is 0 Å². The number of nitrogens with zero attached hydrogens (tertiary/aromatic N) is 2. The van der Waals surface area contributed by atoms with Gasteiger partial charge in [-0.05, 0) is 49.4 Å². The first-order chi connectivity index (χ1) is 15.7. The third-order valence-corrected chi connectivity index (χ3v) is 5.72. The third-order valence-electron chi connectivity index (χ3n) is 5.72. The molecule has 0 radical (unpaired) electrons. The maximum Gasteiger partial charge on any atom is 0.193 e. The second-order valence-electron chi connectivity index (χ2n) is 8.10. The number of benzene rings is 2. The molecule has 0 aromatic heterocycles. The van der Waals surface area contributed by atoms with E-state index in [1.807, 2.05) is 26.1 Å². The smallest absolute Gasteiger partial charge is 0.193 e. The molecular formula is C26H37N3O3. The summed E-state index contributed by atoms with van der Waals surface area (Å²) in [6.45, 7) is 6.99. The van der Waals surface area contributed by atoms with Crippen LogP contribution in [0.4, 0.5) is 0 Å². The number of likely N-dealkylation sites (tertiary alicyclic amines) is 1. The Kier molecular flexibility index (Phi) is 9.69. The number of methoxy groups -OCH3 is 1. The van der Waals surface area contributed by atoms with Gasteiger partial charge in [-0.25, -0.2) is 0 Å². The summed E-state index contributed by atoms with van der Waals surface area (Å²) in [5.74, 6) is 3.13. The Morgan fingerprint density at radius 2 is 1.97 bits per heavy atom. The number of ether oxygens (including phenoxy) is 3. The van der Waals surface area contributed by atoms with Gasteiger partial charge in [-0.15, -0.1) is 0 Å². The molecule has 1 N–H and O–H groups in total. The molecule has 1 heterocycles. The highest BCUT2D eigenvalue weighted by Crippen LogP contribution is 2.28. The molecule has 32 heavy (non-hydrogen) atoms. The summed E-state index contributed by atoms with van der Waals surface area (Å²) in [5, 5.41) is 3.53. The van der Waals surface area contributed by atoms with Crippen molar-refractivity contribution in [2.45, 2.75) is 32.8 Å². The molecular weight excluding hydrogens is 402 g/mol. The fourth-order valence-corrected chi connectivity index (χ4v) is 4.05. The normalized spacial score (nSPS) is 16.3. The molecule has 2 aromatic rings. The van der Waals surface area contributed by atoms with Gasteiger partial charge < -0.3 is 24.4 Å². The minimum absolute atomic E-state index is 0.550. The van der Waals surface area contributed by atoms with Crippen LogP contribution in [0.2, 0.25) is 0 Å². The van der Waals surface area contributed by atoms with E-state index in [0.29, 0.717) is 19.1 Å². The Bertz CT molecular complexity index is 841. The second-order valence-corrected chi connectivity index (χ2v) is 8.10. The molecule has 2 aromatic carbocycles. The third kappa shape index (κ3) is 7.16. The monoisotopic (exact) mass is 439 g/mol. The van der Waals surface area contributed by atoms with Crippen molar-refractivity contribution in [3.63, 3.8) is 0 Å². The molecule has 6 heteroatoms. The van der Waals surface area contributed by atoms with E-state index >= 15 is 0 Å². The van der Waals surface area contributed by atoms with E-state index in [1.54, 1.807) is 7.11 Å². The summed E-state index contributed by atoms with van der Waals surface area (Å²) in [6, 6.07) is 16.5. The summed E-state index contributed by atoms with van der Waals surface area (Å²) in [7, 11) is 3.53. The highest BCUT2D eigenvalue weighted by Gasteiger charge is 2.24. The van der Waals surface area contributed by atoms with Crippen molar-refractivity contribution < 1.29 is 14.2 Å². The number of aliphatic imine (C=N–C) groups is 1. The highest BCUT2D eigenvalue weighted by molar-refractivity contribution is 5.80. The molecule has 1 aliphatic heterocycles. The molecule has 1 fully saturated rings. The van der Waals surface area contributed by atoms with E-state index in [1.165, 1.54) is 11.1 Å². The van der Waals surface area contributed by atoms with Crippen molar-refractivity contribution in [3.05, 3.63) is 59.7 Å². The van der Waals surface area contributed by atoms with E-state index < -0.39 is 0 Å². The molecule has 1 aliphatic rings. The number of guanidine groups is 1. The Morgan fingerprint density at radius 3 is 2.72 bits per heavy atom. The summed E-state index contributed by atoms with van der Waals surface area (Å²) in [4.78, 5) is 6.84. The Balaban J connectivity index is 1.37. The van der Waals surface area contributed by atoms with Gasteiger partial charge >= 0.3 is 0 Å². The zero-order chi connectivity index (χ0) is 22.6. The van der Waals surface area contributed by atoms with Crippen LogP contribution in [0.25, 0.3) is 0 Å². The number of nitrogens with one attached hydrogen (secondary N) is 1. The first-order valence-electron chi connectivity index (χ1n) is 11.6. The Hall–Kier alpha value is -2.73. The van der Waals surface area contributed by atoms with Crippen LogP contribution in [0, 0.1) is 5.92 Å². The summed E-state index contributed by atoms with van der Waals surface area (Å²) in [5.41, 5.74) is 2.48. The topological polar surface area (TPSA) is 55.3 Å². The van der Waals surface area contributed by atoms with E-state index in [0.717, 1.165) is 63.0 Å². The van der Waals surface area contributed by atoms with Gasteiger partial charge in [0.15, 0.2) is 17.5 Å². The second kappa shape index (κ2) is 13.0. The lowest BCUT2D eigenvalue weighted by Gasteiger charge is -2.22. The Labute approximate surface area is 192 Å². The van der Waals surface area contributed by atoms with Crippen LogP contribution in [0.1, 0.15) is 30.9 Å². The number of hydrogen-bond acceptors (Lipinski definition) is 4. The summed E-state index contributed by atoms with van der Waals surface area (Å²) < 4.78 is 17.0. The van der Waals surface area contributed by atoms with Gasteiger partial charge in [0.05, 0.1) is 26.9 Å². The fraction of sp³-hybridized carbons (Fsp3) is 0.500. The molecule has 0 aliphatic carbocycles. The molecule has 0 bridgehead atoms. The van der Waals surface area contributed by atoms with Crippen molar-refractivity contribution in [1.82, 2.24) is 10.2 Å². The molecule has 1 saturated heterocycles. The van der Waals surface area contributed by atoms with Crippen LogP contribution in [0.3, 0.4) is 0 Å². The van der Waals surface area contributed by atoms with E-state index in [-0.39, 0.29) is 0 Å². The van der Waals surface area contributed by atoms with Gasteiger partial charge in [0.25, 0.3) is 0 Å². The Morgan fingerprint density at radius 1 is 1.12 bits per heavy atom. The molecule has 6 nitrogen and oxygen atoms in total. The number of hydrogen-bond donors (Lipinski definition) is 1. The number of aryl methyl sites for hydroxylation is 1. The lowest BCUT2D eigenvalue weighted by molar-refractivity contribution is 0.0907. The molecule has 174 valence electrons. The first-order valence-corrected chi connectivity index (χ1v) is 11.6. The molecule has 3 rings (SSSR count). The van der Waals surface area contributed by atoms with Crippen LogP contribution in [0.15, 0.2) is 53.5 Å². The van der Waals surface area contributed by atoms with Crippen molar-refractivity contribution in [1.29, 1.82) is 0 Å². The summed E-state index contributed by atoms with van der Waals surface area (Å²) in [6.07, 6.45) is 3.14. The predicted octanol–water partition coefficient (Wildman–Crippen LogP) is 4.14. The largest absolute Gasteiger partial charge is 0.493 e. The van der Waals surface area contributed by atoms with Crippen LogP contribution in [-0.2, 0) is 17.8 Å². The van der Waals surface area contributed by atoms with Crippen molar-refractivity contribution in [2.75, 3.05) is 47.0 Å². The average Bonchev–Trinajstić information content (AvgIpc) is 3.29. The predicted molar refractivity (Wildman–Crippen MR) is 130 cm³/mol. The van der Waals surface area contributed by atoms with Gasteiger partial charge in [-0.3, -0.25) is 4.99 Å². The zero-order valence-electron chi connectivity index (χ0n) is 19.7. The molecule has 0 saturated carbocycles. The van der Waals surface area contributed by atoms with Crippen molar-refractivity contribution in [3.8, 4) is 11.5 Å². The number of rotatable bonds is 11. The van der Waals surface area contributed by atoms with Crippen LogP contribution in [-0.4, -0.2) is 57.9 Å². The van der Waals surface area contributed by atoms with Gasteiger partial charge in [0.2, 0.25) is 0 Å². The van der Waals surface area contributed by atoms with Crippen molar-refractivity contribution in [2.24, 2.45) is 10.9 Å². The SMILES string of the molecule is CCOc1cc(CCCNC(=NC)N2CCC(COCc3ccccc3)C2)ccc1OC. The summed E-state index contributed by atoms with van der Waals surface area (Å²) >= 11 is 0. The fourth-order valence-electron chi connectivity index (χ4n) is 4.05. The minimum Gasteiger partial charge on any atom is -0.493 e. The highest BCUT2D eigenvalue weighted by atomic mass is 16.5. The van der Waals surface area contributed by atoms with E-state index in [9.17, 15) is 0 Å². The van der Waals surface area contributed by atoms with Gasteiger partial charge in [-0.2, -0.15) is 0 Å². The lowest BCUT2D eigenvalue weighted by atomic mass is 10.1. The van der Waals surface area contributed by atoms with E-state index in [2.05, 4.69) is 51.6 Å². The van der Waals surface area contributed by atoms with Gasteiger partial charge in [0, 0.05) is 32.6 Å². The molecule has 1 unspecified atom stereocenters.